The SMILES string of the molecule is CC(C)(CNCC1CCOC1)c1ccc(N)cc1. The molecule has 3 nitrogen and oxygen atoms in total. The highest BCUT2D eigenvalue weighted by Crippen LogP contribution is 2.23. The van der Waals surface area contributed by atoms with Crippen LogP contribution in [0.1, 0.15) is 25.8 Å². The molecule has 0 amide bonds. The van der Waals surface area contributed by atoms with Crippen molar-refractivity contribution in [2.24, 2.45) is 5.92 Å². The molecule has 0 saturated carbocycles. The second kappa shape index (κ2) is 5.72. The first kappa shape index (κ1) is 13.4. The minimum Gasteiger partial charge on any atom is -0.399 e. The lowest BCUT2D eigenvalue weighted by atomic mass is 9.84. The zero-order chi connectivity index (χ0) is 13.0. The van der Waals surface area contributed by atoms with Crippen LogP contribution < -0.4 is 11.1 Å². The molecule has 1 aliphatic rings. The number of hydrogen-bond acceptors (Lipinski definition) is 3. The standard InChI is InChI=1S/C15H24N2O/c1-15(2,13-3-5-14(16)6-4-13)11-17-9-12-7-8-18-10-12/h3-6,12,17H,7-11,16H2,1-2H3. The molecule has 0 spiro atoms. The molecule has 1 aromatic carbocycles. The molecule has 1 unspecified atom stereocenters. The van der Waals surface area contributed by atoms with E-state index in [1.807, 2.05) is 12.1 Å². The zero-order valence-corrected chi connectivity index (χ0v) is 11.4. The molecule has 1 heterocycles. The molecule has 3 heteroatoms. The molecule has 3 N–H and O–H groups in total. The van der Waals surface area contributed by atoms with Crippen LogP contribution in [0.25, 0.3) is 0 Å². The Hall–Kier alpha value is -1.06. The van der Waals surface area contributed by atoms with Crippen LogP contribution in [0, 0.1) is 5.92 Å². The van der Waals surface area contributed by atoms with Crippen LogP contribution in [0.3, 0.4) is 0 Å². The van der Waals surface area contributed by atoms with Crippen molar-refractivity contribution < 1.29 is 4.74 Å². The summed E-state index contributed by atoms with van der Waals surface area (Å²) in [6.07, 6.45) is 1.19. The largest absolute Gasteiger partial charge is 0.399 e. The van der Waals surface area contributed by atoms with Crippen molar-refractivity contribution in [3.05, 3.63) is 29.8 Å². The lowest BCUT2D eigenvalue weighted by Gasteiger charge is -2.26. The smallest absolute Gasteiger partial charge is 0.0507 e. The summed E-state index contributed by atoms with van der Waals surface area (Å²) >= 11 is 0. The molecule has 1 saturated heterocycles. The lowest BCUT2D eigenvalue weighted by molar-refractivity contribution is 0.185. The van der Waals surface area contributed by atoms with Crippen molar-refractivity contribution in [1.82, 2.24) is 5.32 Å². The summed E-state index contributed by atoms with van der Waals surface area (Å²) in [7, 11) is 0. The minimum absolute atomic E-state index is 0.132. The first-order valence-electron chi connectivity index (χ1n) is 6.72. The predicted molar refractivity (Wildman–Crippen MR) is 75.7 cm³/mol. The number of rotatable bonds is 5. The molecule has 0 aromatic heterocycles. The van der Waals surface area contributed by atoms with Crippen LogP contribution in [-0.4, -0.2) is 26.3 Å². The Balaban J connectivity index is 1.84. The van der Waals surface area contributed by atoms with Gasteiger partial charge in [0.05, 0.1) is 6.61 Å². The molecule has 2 rings (SSSR count). The number of nitrogens with two attached hydrogens (primary N) is 1. The number of benzene rings is 1. The van der Waals surface area contributed by atoms with Gasteiger partial charge in [-0.3, -0.25) is 0 Å². The molecule has 0 radical (unpaired) electrons. The third-order valence-electron chi connectivity index (χ3n) is 3.72. The van der Waals surface area contributed by atoms with Gasteiger partial charge < -0.3 is 15.8 Å². The Morgan fingerprint density at radius 1 is 1.33 bits per heavy atom. The number of nitrogens with one attached hydrogen (secondary N) is 1. The Kier molecular flexibility index (Phi) is 4.25. The molecule has 18 heavy (non-hydrogen) atoms. The quantitative estimate of drug-likeness (QED) is 0.785. The lowest BCUT2D eigenvalue weighted by Crippen LogP contribution is -2.35. The van der Waals surface area contributed by atoms with E-state index in [2.05, 4.69) is 31.3 Å². The number of nitrogen functional groups attached to an aromatic ring is 1. The highest BCUT2D eigenvalue weighted by atomic mass is 16.5. The van der Waals surface area contributed by atoms with Gasteiger partial charge in [-0.25, -0.2) is 0 Å². The van der Waals surface area contributed by atoms with E-state index < -0.39 is 0 Å². The van der Waals surface area contributed by atoms with E-state index in [-0.39, 0.29) is 5.41 Å². The Morgan fingerprint density at radius 3 is 2.67 bits per heavy atom. The Bertz CT molecular complexity index is 367. The maximum Gasteiger partial charge on any atom is 0.0507 e. The summed E-state index contributed by atoms with van der Waals surface area (Å²) < 4.78 is 5.38. The maximum absolute atomic E-state index is 5.72. The van der Waals surface area contributed by atoms with Gasteiger partial charge in [-0.1, -0.05) is 26.0 Å². The van der Waals surface area contributed by atoms with Crippen molar-refractivity contribution in [3.8, 4) is 0 Å². The molecule has 1 atom stereocenters. The summed E-state index contributed by atoms with van der Waals surface area (Å²) in [5.41, 5.74) is 8.01. The highest BCUT2D eigenvalue weighted by Gasteiger charge is 2.21. The second-order valence-corrected chi connectivity index (χ2v) is 5.87. The number of ether oxygens (including phenoxy) is 1. The molecular formula is C15H24N2O. The van der Waals surface area contributed by atoms with Crippen LogP contribution in [0.15, 0.2) is 24.3 Å². The van der Waals surface area contributed by atoms with E-state index in [4.69, 9.17) is 10.5 Å². The van der Waals surface area contributed by atoms with Gasteiger partial charge in [0.25, 0.3) is 0 Å². The second-order valence-electron chi connectivity index (χ2n) is 5.87. The third-order valence-corrected chi connectivity index (χ3v) is 3.72. The summed E-state index contributed by atoms with van der Waals surface area (Å²) in [5.74, 6) is 0.687. The summed E-state index contributed by atoms with van der Waals surface area (Å²) in [6.45, 7) is 8.39. The van der Waals surface area contributed by atoms with Crippen molar-refractivity contribution in [1.29, 1.82) is 0 Å². The Labute approximate surface area is 110 Å². The van der Waals surface area contributed by atoms with E-state index >= 15 is 0 Å². The summed E-state index contributed by atoms with van der Waals surface area (Å²) in [4.78, 5) is 0. The van der Waals surface area contributed by atoms with E-state index in [9.17, 15) is 0 Å². The molecule has 1 fully saturated rings. The zero-order valence-electron chi connectivity index (χ0n) is 11.4. The van der Waals surface area contributed by atoms with Gasteiger partial charge >= 0.3 is 0 Å². The van der Waals surface area contributed by atoms with Crippen molar-refractivity contribution in [3.63, 3.8) is 0 Å². The van der Waals surface area contributed by atoms with Gasteiger partial charge in [-0.2, -0.15) is 0 Å². The van der Waals surface area contributed by atoms with Gasteiger partial charge in [0.15, 0.2) is 0 Å². The van der Waals surface area contributed by atoms with Crippen LogP contribution >= 0.6 is 0 Å². The van der Waals surface area contributed by atoms with Gasteiger partial charge in [-0.05, 0) is 30.0 Å². The third kappa shape index (κ3) is 3.47. The van der Waals surface area contributed by atoms with Gasteiger partial charge in [-0.15, -0.1) is 0 Å². The van der Waals surface area contributed by atoms with Crippen LogP contribution in [0.4, 0.5) is 5.69 Å². The monoisotopic (exact) mass is 248 g/mol. The highest BCUT2D eigenvalue weighted by molar-refractivity contribution is 5.41. The molecule has 0 aliphatic carbocycles. The normalized spacial score (nSPS) is 20.2. The summed E-state index contributed by atoms with van der Waals surface area (Å²) in [5, 5.41) is 3.57. The van der Waals surface area contributed by atoms with E-state index in [0.29, 0.717) is 5.92 Å². The molecule has 1 aliphatic heterocycles. The van der Waals surface area contributed by atoms with Crippen molar-refractivity contribution in [2.45, 2.75) is 25.7 Å². The predicted octanol–water partition coefficient (Wildman–Crippen LogP) is 2.17. The van der Waals surface area contributed by atoms with Gasteiger partial charge in [0.2, 0.25) is 0 Å². The average Bonchev–Trinajstić information content (AvgIpc) is 2.82. The van der Waals surface area contributed by atoms with Crippen LogP contribution in [0.5, 0.6) is 0 Å². The fraction of sp³-hybridized carbons (Fsp3) is 0.600. The molecule has 0 bridgehead atoms. The van der Waals surface area contributed by atoms with Crippen molar-refractivity contribution >= 4 is 5.69 Å². The fourth-order valence-electron chi connectivity index (χ4n) is 2.37. The van der Waals surface area contributed by atoms with Crippen LogP contribution in [-0.2, 0) is 10.2 Å². The summed E-state index contributed by atoms with van der Waals surface area (Å²) in [6, 6.07) is 8.19. The first-order chi connectivity index (χ1) is 8.58. The average molecular weight is 248 g/mol. The van der Waals surface area contributed by atoms with E-state index in [1.54, 1.807) is 0 Å². The molecule has 100 valence electrons. The topological polar surface area (TPSA) is 47.3 Å². The van der Waals surface area contributed by atoms with Gasteiger partial charge in [0.1, 0.15) is 0 Å². The van der Waals surface area contributed by atoms with E-state index in [0.717, 1.165) is 32.0 Å². The number of anilines is 1. The maximum atomic E-state index is 5.72. The van der Waals surface area contributed by atoms with Gasteiger partial charge in [0, 0.05) is 30.8 Å². The Morgan fingerprint density at radius 2 is 2.06 bits per heavy atom. The molecular weight excluding hydrogens is 224 g/mol. The fourth-order valence-corrected chi connectivity index (χ4v) is 2.37. The first-order valence-corrected chi connectivity index (χ1v) is 6.72. The van der Waals surface area contributed by atoms with Crippen molar-refractivity contribution in [2.75, 3.05) is 32.0 Å². The molecule has 1 aromatic rings. The van der Waals surface area contributed by atoms with E-state index in [1.165, 1.54) is 12.0 Å². The van der Waals surface area contributed by atoms with Crippen LogP contribution in [0.2, 0.25) is 0 Å². The minimum atomic E-state index is 0.132. The number of hydrogen-bond donors (Lipinski definition) is 2.